The van der Waals surface area contributed by atoms with Crippen molar-refractivity contribution in [2.75, 3.05) is 13.1 Å². The van der Waals surface area contributed by atoms with E-state index in [9.17, 15) is 9.59 Å². The summed E-state index contributed by atoms with van der Waals surface area (Å²) >= 11 is 3.42. The number of carbonyl (C=O) groups is 2. The van der Waals surface area contributed by atoms with Gasteiger partial charge in [0.1, 0.15) is 0 Å². The molecule has 0 aliphatic heterocycles. The van der Waals surface area contributed by atoms with Crippen LogP contribution in [0.1, 0.15) is 19.4 Å². The smallest absolute Gasteiger partial charge is 0.317 e. The van der Waals surface area contributed by atoms with Crippen LogP contribution in [0.25, 0.3) is 0 Å². The highest BCUT2D eigenvalue weighted by atomic mass is 79.9. The van der Waals surface area contributed by atoms with Crippen LogP contribution in [0.4, 0.5) is 4.79 Å². The first-order valence-electron chi connectivity index (χ1n) is 6.44. The van der Waals surface area contributed by atoms with Gasteiger partial charge in [-0.3, -0.25) is 4.79 Å². The molecule has 1 atom stereocenters. The summed E-state index contributed by atoms with van der Waals surface area (Å²) in [6.07, 6.45) is 0. The molecule has 110 valence electrons. The molecule has 20 heavy (non-hydrogen) atoms. The number of carboxylic acids is 1. The Balaban J connectivity index is 2.56. The molecule has 0 saturated heterocycles. The summed E-state index contributed by atoms with van der Waals surface area (Å²) in [5, 5.41) is 11.7. The van der Waals surface area contributed by atoms with E-state index in [0.29, 0.717) is 13.1 Å². The molecule has 0 spiro atoms. The molecule has 1 rings (SSSR count). The Kier molecular flexibility index (Phi) is 6.51. The third-order valence-electron chi connectivity index (χ3n) is 2.97. The van der Waals surface area contributed by atoms with Gasteiger partial charge in [0.05, 0.1) is 5.92 Å². The summed E-state index contributed by atoms with van der Waals surface area (Å²) in [6, 6.07) is 7.38. The first-order valence-corrected chi connectivity index (χ1v) is 7.24. The standard InChI is InChI=1S/C14H19BrN2O3/c1-3-17(9-10(2)13(18)19)14(20)16-8-11-6-4-5-7-12(11)15/h4-7,10H,3,8-9H2,1-2H3,(H,16,20)(H,18,19). The average molecular weight is 343 g/mol. The van der Waals surface area contributed by atoms with E-state index >= 15 is 0 Å². The van der Waals surface area contributed by atoms with Crippen molar-refractivity contribution in [2.24, 2.45) is 5.92 Å². The number of nitrogens with one attached hydrogen (secondary N) is 1. The van der Waals surface area contributed by atoms with Gasteiger partial charge in [-0.2, -0.15) is 0 Å². The molecule has 0 aliphatic rings. The number of carboxylic acid groups (broad SMARTS) is 1. The van der Waals surface area contributed by atoms with Crippen LogP contribution >= 0.6 is 15.9 Å². The van der Waals surface area contributed by atoms with E-state index in [2.05, 4.69) is 21.2 Å². The third-order valence-corrected chi connectivity index (χ3v) is 3.75. The Labute approximate surface area is 127 Å². The van der Waals surface area contributed by atoms with E-state index in [-0.39, 0.29) is 12.6 Å². The van der Waals surface area contributed by atoms with Crippen LogP contribution in [-0.4, -0.2) is 35.1 Å². The Morgan fingerprint density at radius 3 is 2.60 bits per heavy atom. The normalized spacial score (nSPS) is 11.8. The molecule has 1 aromatic carbocycles. The van der Waals surface area contributed by atoms with Crippen molar-refractivity contribution in [3.63, 3.8) is 0 Å². The van der Waals surface area contributed by atoms with Gasteiger partial charge in [-0.1, -0.05) is 41.1 Å². The summed E-state index contributed by atoms with van der Waals surface area (Å²) in [5.41, 5.74) is 0.975. The number of rotatable bonds is 6. The molecule has 0 aromatic heterocycles. The van der Waals surface area contributed by atoms with Crippen LogP contribution in [0.2, 0.25) is 0 Å². The van der Waals surface area contributed by atoms with E-state index in [1.54, 1.807) is 6.92 Å². The number of hydrogen-bond acceptors (Lipinski definition) is 2. The van der Waals surface area contributed by atoms with Crippen LogP contribution in [0.15, 0.2) is 28.7 Å². The molecule has 6 heteroatoms. The number of hydrogen-bond donors (Lipinski definition) is 2. The molecule has 5 nitrogen and oxygen atoms in total. The molecule has 0 fully saturated rings. The second kappa shape index (κ2) is 7.89. The molecular weight excluding hydrogens is 324 g/mol. The highest BCUT2D eigenvalue weighted by molar-refractivity contribution is 9.10. The second-order valence-corrected chi connectivity index (χ2v) is 5.38. The van der Waals surface area contributed by atoms with Gasteiger partial charge in [0.15, 0.2) is 0 Å². The van der Waals surface area contributed by atoms with Gasteiger partial charge in [-0.05, 0) is 18.6 Å². The third kappa shape index (κ3) is 4.85. The van der Waals surface area contributed by atoms with Crippen molar-refractivity contribution in [3.05, 3.63) is 34.3 Å². The van der Waals surface area contributed by atoms with Gasteiger partial charge in [0.25, 0.3) is 0 Å². The fourth-order valence-corrected chi connectivity index (χ4v) is 2.11. The lowest BCUT2D eigenvalue weighted by Crippen LogP contribution is -2.42. The fourth-order valence-electron chi connectivity index (χ4n) is 1.69. The van der Waals surface area contributed by atoms with Crippen LogP contribution in [0.5, 0.6) is 0 Å². The van der Waals surface area contributed by atoms with Crippen LogP contribution in [0, 0.1) is 5.92 Å². The van der Waals surface area contributed by atoms with Crippen molar-refractivity contribution in [1.29, 1.82) is 0 Å². The quantitative estimate of drug-likeness (QED) is 0.834. The Morgan fingerprint density at radius 2 is 2.05 bits per heavy atom. The number of aliphatic carboxylic acids is 1. The zero-order chi connectivity index (χ0) is 15.1. The van der Waals surface area contributed by atoms with Crippen molar-refractivity contribution in [3.8, 4) is 0 Å². The lowest BCUT2D eigenvalue weighted by molar-refractivity contribution is -0.141. The Hall–Kier alpha value is -1.56. The lowest BCUT2D eigenvalue weighted by Gasteiger charge is -2.23. The minimum Gasteiger partial charge on any atom is -0.481 e. The summed E-state index contributed by atoms with van der Waals surface area (Å²) in [6.45, 7) is 4.49. The summed E-state index contributed by atoms with van der Waals surface area (Å²) in [4.78, 5) is 24.4. The minimum atomic E-state index is -0.901. The predicted molar refractivity (Wildman–Crippen MR) is 80.4 cm³/mol. The van der Waals surface area contributed by atoms with Crippen LogP contribution in [0.3, 0.4) is 0 Å². The topological polar surface area (TPSA) is 69.6 Å². The highest BCUT2D eigenvalue weighted by Gasteiger charge is 2.19. The van der Waals surface area contributed by atoms with Gasteiger partial charge in [0.2, 0.25) is 0 Å². The van der Waals surface area contributed by atoms with E-state index in [4.69, 9.17) is 5.11 Å². The zero-order valence-electron chi connectivity index (χ0n) is 11.6. The monoisotopic (exact) mass is 342 g/mol. The second-order valence-electron chi connectivity index (χ2n) is 4.53. The number of nitrogens with zero attached hydrogens (tertiary/aromatic N) is 1. The van der Waals surface area contributed by atoms with E-state index in [1.807, 2.05) is 31.2 Å². The molecular formula is C14H19BrN2O3. The molecule has 0 radical (unpaired) electrons. The van der Waals surface area contributed by atoms with Gasteiger partial charge in [-0.15, -0.1) is 0 Å². The van der Waals surface area contributed by atoms with E-state index in [1.165, 1.54) is 4.90 Å². The van der Waals surface area contributed by atoms with Gasteiger partial charge >= 0.3 is 12.0 Å². The summed E-state index contributed by atoms with van der Waals surface area (Å²) in [5.74, 6) is -1.48. The van der Waals surface area contributed by atoms with Crippen LogP contribution < -0.4 is 5.32 Å². The number of amides is 2. The number of urea groups is 1. The maximum atomic E-state index is 12.0. The van der Waals surface area contributed by atoms with Gasteiger partial charge in [0, 0.05) is 24.1 Å². The SMILES string of the molecule is CCN(CC(C)C(=O)O)C(=O)NCc1ccccc1Br. The highest BCUT2D eigenvalue weighted by Crippen LogP contribution is 2.15. The van der Waals surface area contributed by atoms with Gasteiger partial charge < -0.3 is 15.3 Å². The fraction of sp³-hybridized carbons (Fsp3) is 0.429. The molecule has 0 bridgehead atoms. The molecule has 1 aromatic rings. The maximum Gasteiger partial charge on any atom is 0.317 e. The summed E-state index contributed by atoms with van der Waals surface area (Å²) < 4.78 is 0.933. The Morgan fingerprint density at radius 1 is 1.40 bits per heavy atom. The largest absolute Gasteiger partial charge is 0.481 e. The number of halogens is 1. The molecule has 2 amide bonds. The van der Waals surface area contributed by atoms with Crippen molar-refractivity contribution < 1.29 is 14.7 Å². The van der Waals surface area contributed by atoms with Crippen LogP contribution in [-0.2, 0) is 11.3 Å². The average Bonchev–Trinajstić information content (AvgIpc) is 2.43. The van der Waals surface area contributed by atoms with Crippen molar-refractivity contribution >= 4 is 27.9 Å². The van der Waals surface area contributed by atoms with E-state index in [0.717, 1.165) is 10.0 Å². The molecule has 2 N–H and O–H groups in total. The zero-order valence-corrected chi connectivity index (χ0v) is 13.2. The maximum absolute atomic E-state index is 12.0. The van der Waals surface area contributed by atoms with Crippen molar-refractivity contribution in [1.82, 2.24) is 10.2 Å². The van der Waals surface area contributed by atoms with E-state index < -0.39 is 11.9 Å². The Bertz CT molecular complexity index is 479. The van der Waals surface area contributed by atoms with Crippen molar-refractivity contribution in [2.45, 2.75) is 20.4 Å². The van der Waals surface area contributed by atoms with Gasteiger partial charge in [-0.25, -0.2) is 4.79 Å². The predicted octanol–water partition coefficient (Wildman–Crippen LogP) is 2.70. The number of carbonyl (C=O) groups excluding carboxylic acids is 1. The first kappa shape index (κ1) is 16.5. The molecule has 0 heterocycles. The summed E-state index contributed by atoms with van der Waals surface area (Å²) in [7, 11) is 0. The molecule has 1 unspecified atom stereocenters. The number of benzene rings is 1. The first-order chi connectivity index (χ1) is 9.45. The lowest BCUT2D eigenvalue weighted by atomic mass is 10.2. The molecule has 0 aliphatic carbocycles. The minimum absolute atomic E-state index is 0.202. The molecule has 0 saturated carbocycles.